The van der Waals surface area contributed by atoms with Crippen LogP contribution in [0.1, 0.15) is 24.1 Å². The highest BCUT2D eigenvalue weighted by atomic mass is 127. The number of amides is 1. The summed E-state index contributed by atoms with van der Waals surface area (Å²) in [6.45, 7) is 2.39. The van der Waals surface area contributed by atoms with Crippen molar-refractivity contribution in [3.8, 4) is 0 Å². The topological polar surface area (TPSA) is 66.0 Å². The van der Waals surface area contributed by atoms with Gasteiger partial charge in [0.2, 0.25) is 5.91 Å². The Balaban J connectivity index is 0.00000288. The van der Waals surface area contributed by atoms with Gasteiger partial charge in [0.05, 0.1) is 12.6 Å². The van der Waals surface area contributed by atoms with E-state index in [0.717, 1.165) is 19.4 Å². The van der Waals surface area contributed by atoms with Gasteiger partial charge in [0, 0.05) is 32.1 Å². The predicted molar refractivity (Wildman–Crippen MR) is 109 cm³/mol. The minimum atomic E-state index is -0.0175. The molecule has 0 spiro atoms. The SMILES string of the molecule is CN(C)C(=O)CN=C(NCc1cccs1)NCC1CCCCO1.I. The van der Waals surface area contributed by atoms with Gasteiger partial charge >= 0.3 is 0 Å². The predicted octanol–water partition coefficient (Wildman–Crippen LogP) is 2.06. The van der Waals surface area contributed by atoms with Gasteiger partial charge in [-0.15, -0.1) is 35.3 Å². The van der Waals surface area contributed by atoms with Crippen LogP contribution in [0, 0.1) is 0 Å². The molecule has 2 N–H and O–H groups in total. The van der Waals surface area contributed by atoms with Crippen molar-refractivity contribution in [3.05, 3.63) is 22.4 Å². The highest BCUT2D eigenvalue weighted by molar-refractivity contribution is 14.0. The Hall–Kier alpha value is -0.870. The number of ether oxygens (including phenoxy) is 1. The van der Waals surface area contributed by atoms with E-state index < -0.39 is 0 Å². The van der Waals surface area contributed by atoms with Gasteiger partial charge in [-0.05, 0) is 30.7 Å². The first-order chi connectivity index (χ1) is 11.1. The smallest absolute Gasteiger partial charge is 0.243 e. The molecule has 1 aliphatic heterocycles. The Morgan fingerprint density at radius 3 is 2.88 bits per heavy atom. The van der Waals surface area contributed by atoms with Crippen LogP contribution in [0.4, 0.5) is 0 Å². The maximum atomic E-state index is 11.7. The average Bonchev–Trinajstić information content (AvgIpc) is 3.08. The van der Waals surface area contributed by atoms with Gasteiger partial charge < -0.3 is 20.3 Å². The number of hydrogen-bond donors (Lipinski definition) is 2. The Morgan fingerprint density at radius 2 is 2.25 bits per heavy atom. The number of likely N-dealkylation sites (N-methyl/N-ethyl adjacent to an activating group) is 1. The molecule has 0 bridgehead atoms. The molecule has 0 radical (unpaired) electrons. The summed E-state index contributed by atoms with van der Waals surface area (Å²) in [5, 5.41) is 8.62. The molecule has 6 nitrogen and oxygen atoms in total. The molecule has 1 fully saturated rings. The lowest BCUT2D eigenvalue weighted by molar-refractivity contribution is -0.127. The van der Waals surface area contributed by atoms with Crippen LogP contribution in [0.25, 0.3) is 0 Å². The first-order valence-corrected chi connectivity index (χ1v) is 8.89. The van der Waals surface area contributed by atoms with Crippen LogP contribution in [-0.2, 0) is 16.1 Å². The molecule has 0 aromatic carbocycles. The second-order valence-electron chi connectivity index (χ2n) is 5.76. The van der Waals surface area contributed by atoms with Crippen molar-refractivity contribution in [2.24, 2.45) is 4.99 Å². The highest BCUT2D eigenvalue weighted by Gasteiger charge is 2.14. The number of halogens is 1. The number of guanidine groups is 1. The highest BCUT2D eigenvalue weighted by Crippen LogP contribution is 2.11. The average molecular weight is 466 g/mol. The zero-order chi connectivity index (χ0) is 16.5. The Bertz CT molecular complexity index is 502. The lowest BCUT2D eigenvalue weighted by Gasteiger charge is -2.23. The molecule has 24 heavy (non-hydrogen) atoms. The van der Waals surface area contributed by atoms with Gasteiger partial charge in [-0.25, -0.2) is 4.99 Å². The summed E-state index contributed by atoms with van der Waals surface area (Å²) in [6.07, 6.45) is 3.65. The third-order valence-electron chi connectivity index (χ3n) is 3.65. The van der Waals surface area contributed by atoms with E-state index >= 15 is 0 Å². The molecular formula is C16H27IN4O2S. The zero-order valence-electron chi connectivity index (χ0n) is 14.3. The summed E-state index contributed by atoms with van der Waals surface area (Å²) < 4.78 is 5.72. The van der Waals surface area contributed by atoms with E-state index in [4.69, 9.17) is 4.74 Å². The van der Waals surface area contributed by atoms with Gasteiger partial charge in [-0.3, -0.25) is 4.79 Å². The second-order valence-corrected chi connectivity index (χ2v) is 6.79. The minimum absolute atomic E-state index is 0. The molecule has 0 saturated carbocycles. The summed E-state index contributed by atoms with van der Waals surface area (Å²) >= 11 is 1.70. The molecule has 1 aliphatic rings. The summed E-state index contributed by atoms with van der Waals surface area (Å²) in [5.41, 5.74) is 0. The standard InChI is InChI=1S/C16H26N4O2S.HI/c1-20(2)15(21)12-19-16(18-11-14-7-5-9-23-14)17-10-13-6-3-4-8-22-13;/h5,7,9,13H,3-4,6,8,10-12H2,1-2H3,(H2,17,18,19);1H. The van der Waals surface area contributed by atoms with E-state index in [1.807, 2.05) is 11.4 Å². The number of rotatable bonds is 6. The van der Waals surface area contributed by atoms with E-state index in [1.165, 1.54) is 11.3 Å². The van der Waals surface area contributed by atoms with Crippen LogP contribution in [-0.4, -0.2) is 56.7 Å². The van der Waals surface area contributed by atoms with E-state index in [1.54, 1.807) is 30.3 Å². The van der Waals surface area contributed by atoms with Gasteiger partial charge in [-0.2, -0.15) is 0 Å². The van der Waals surface area contributed by atoms with Crippen LogP contribution < -0.4 is 10.6 Å². The molecule has 1 saturated heterocycles. The normalized spacial score (nSPS) is 17.8. The number of nitrogens with one attached hydrogen (secondary N) is 2. The van der Waals surface area contributed by atoms with Crippen LogP contribution in [0.5, 0.6) is 0 Å². The molecule has 1 unspecified atom stereocenters. The van der Waals surface area contributed by atoms with Crippen molar-refractivity contribution in [1.29, 1.82) is 0 Å². The molecule has 8 heteroatoms. The Labute approximate surface area is 165 Å². The summed E-state index contributed by atoms with van der Waals surface area (Å²) in [7, 11) is 3.47. The number of thiophene rings is 1. The third-order valence-corrected chi connectivity index (χ3v) is 4.53. The van der Waals surface area contributed by atoms with Crippen LogP contribution in [0.2, 0.25) is 0 Å². The van der Waals surface area contributed by atoms with Crippen molar-refractivity contribution in [3.63, 3.8) is 0 Å². The van der Waals surface area contributed by atoms with Crippen molar-refractivity contribution >= 4 is 47.2 Å². The quantitative estimate of drug-likeness (QED) is 0.383. The summed E-state index contributed by atoms with van der Waals surface area (Å²) in [4.78, 5) is 18.9. The fourth-order valence-electron chi connectivity index (χ4n) is 2.23. The van der Waals surface area contributed by atoms with Crippen molar-refractivity contribution in [2.45, 2.75) is 31.9 Å². The fourth-order valence-corrected chi connectivity index (χ4v) is 2.87. The van der Waals surface area contributed by atoms with E-state index in [-0.39, 0.29) is 42.5 Å². The van der Waals surface area contributed by atoms with Crippen molar-refractivity contribution < 1.29 is 9.53 Å². The first-order valence-electron chi connectivity index (χ1n) is 8.01. The monoisotopic (exact) mass is 466 g/mol. The van der Waals surface area contributed by atoms with Crippen LogP contribution in [0.15, 0.2) is 22.5 Å². The Morgan fingerprint density at radius 1 is 1.42 bits per heavy atom. The number of aliphatic imine (C=N–C) groups is 1. The molecule has 1 aromatic heterocycles. The molecule has 2 rings (SSSR count). The van der Waals surface area contributed by atoms with E-state index in [9.17, 15) is 4.79 Å². The maximum absolute atomic E-state index is 11.7. The Kier molecular flexibility index (Phi) is 10.3. The molecule has 136 valence electrons. The van der Waals surface area contributed by atoms with Gasteiger partial charge in [0.1, 0.15) is 6.54 Å². The summed E-state index contributed by atoms with van der Waals surface area (Å²) in [6, 6.07) is 4.10. The van der Waals surface area contributed by atoms with Gasteiger partial charge in [0.15, 0.2) is 5.96 Å². The lowest BCUT2D eigenvalue weighted by Crippen LogP contribution is -2.42. The van der Waals surface area contributed by atoms with Crippen molar-refractivity contribution in [1.82, 2.24) is 15.5 Å². The summed E-state index contributed by atoms with van der Waals surface area (Å²) in [5.74, 6) is 0.638. The van der Waals surface area contributed by atoms with Crippen molar-refractivity contribution in [2.75, 3.05) is 33.8 Å². The molecule has 1 atom stereocenters. The van der Waals surface area contributed by atoms with Crippen LogP contribution >= 0.6 is 35.3 Å². The third kappa shape index (κ3) is 7.80. The number of nitrogens with zero attached hydrogens (tertiary/aromatic N) is 2. The number of carbonyl (C=O) groups excluding carboxylic acids is 1. The van der Waals surface area contributed by atoms with Crippen LogP contribution in [0.3, 0.4) is 0 Å². The largest absolute Gasteiger partial charge is 0.376 e. The van der Waals surface area contributed by atoms with Gasteiger partial charge in [-0.1, -0.05) is 6.07 Å². The fraction of sp³-hybridized carbons (Fsp3) is 0.625. The van der Waals surface area contributed by atoms with Gasteiger partial charge in [0.25, 0.3) is 0 Å². The number of carbonyl (C=O) groups is 1. The lowest BCUT2D eigenvalue weighted by atomic mass is 10.1. The second kappa shape index (κ2) is 11.6. The van der Waals surface area contributed by atoms with E-state index in [2.05, 4.69) is 21.7 Å². The maximum Gasteiger partial charge on any atom is 0.243 e. The molecule has 1 amide bonds. The molecule has 0 aliphatic carbocycles. The molecule has 1 aromatic rings. The minimum Gasteiger partial charge on any atom is -0.376 e. The first kappa shape index (κ1) is 21.2. The molecular weight excluding hydrogens is 439 g/mol. The van der Waals surface area contributed by atoms with E-state index in [0.29, 0.717) is 19.0 Å². The zero-order valence-corrected chi connectivity index (χ0v) is 17.4. The number of hydrogen-bond acceptors (Lipinski definition) is 4. The molecule has 2 heterocycles.